The average molecular weight is 428 g/mol. The molecule has 1 saturated carbocycles. The number of anilines is 2. The Labute approximate surface area is 197 Å². The van der Waals surface area contributed by atoms with Crippen molar-refractivity contribution in [2.75, 3.05) is 4.90 Å². The third-order valence-electron chi connectivity index (χ3n) is 7.63. The summed E-state index contributed by atoms with van der Waals surface area (Å²) in [5.41, 5.74) is 9.44. The number of hydrogen-bond acceptors (Lipinski definition) is 1. The van der Waals surface area contributed by atoms with Crippen molar-refractivity contribution >= 4 is 23.0 Å². The van der Waals surface area contributed by atoms with Gasteiger partial charge in [-0.2, -0.15) is 0 Å². The Morgan fingerprint density at radius 1 is 0.788 bits per heavy atom. The predicted molar refractivity (Wildman–Crippen MR) is 140 cm³/mol. The molecule has 1 aliphatic heterocycles. The Morgan fingerprint density at radius 3 is 2.03 bits per heavy atom. The maximum Gasteiger partial charge on any atom is 0.0453 e. The molecule has 1 heterocycles. The van der Waals surface area contributed by atoms with Crippen molar-refractivity contribution in [1.29, 1.82) is 0 Å². The van der Waals surface area contributed by atoms with Gasteiger partial charge < -0.3 is 4.90 Å². The highest BCUT2D eigenvalue weighted by molar-refractivity contribution is 5.92. The van der Waals surface area contributed by atoms with Gasteiger partial charge in [-0.15, -0.1) is 0 Å². The summed E-state index contributed by atoms with van der Waals surface area (Å²) in [4.78, 5) is 2.60. The fraction of sp³-hybridized carbons (Fsp3) is 0.188. The summed E-state index contributed by atoms with van der Waals surface area (Å²) in [6, 6.07) is 40.1. The lowest BCUT2D eigenvalue weighted by Crippen LogP contribution is -2.36. The van der Waals surface area contributed by atoms with Crippen LogP contribution in [0.15, 0.2) is 109 Å². The van der Waals surface area contributed by atoms with E-state index in [1.165, 1.54) is 58.5 Å². The number of para-hydroxylation sites is 1. The third kappa shape index (κ3) is 3.40. The molecule has 0 N–H and O–H groups in total. The first kappa shape index (κ1) is 20.1. The summed E-state index contributed by atoms with van der Waals surface area (Å²) in [5, 5.41) is 0. The van der Waals surface area contributed by atoms with Crippen molar-refractivity contribution in [1.82, 2.24) is 0 Å². The van der Waals surface area contributed by atoms with Crippen LogP contribution in [0.25, 0.3) is 11.6 Å². The number of rotatable bonds is 4. The summed E-state index contributed by atoms with van der Waals surface area (Å²) < 4.78 is 0. The molecule has 162 valence electrons. The highest BCUT2D eigenvalue weighted by atomic mass is 15.2. The second-order valence-electron chi connectivity index (χ2n) is 9.60. The SMILES string of the molecule is CC12CCCC1N(c1ccccc1)c1ccc(C=C(c3ccccc3)c3ccccc3)cc12. The molecule has 0 radical (unpaired) electrons. The van der Waals surface area contributed by atoms with Gasteiger partial charge in [0.25, 0.3) is 0 Å². The van der Waals surface area contributed by atoms with E-state index in [2.05, 4.69) is 127 Å². The molecule has 1 fully saturated rings. The van der Waals surface area contributed by atoms with Gasteiger partial charge in [-0.05, 0) is 71.0 Å². The molecular weight excluding hydrogens is 398 g/mol. The molecule has 2 aliphatic rings. The van der Waals surface area contributed by atoms with Crippen LogP contribution in [0.4, 0.5) is 11.4 Å². The monoisotopic (exact) mass is 427 g/mol. The fourth-order valence-electron chi connectivity index (χ4n) is 6.00. The second-order valence-corrected chi connectivity index (χ2v) is 9.60. The van der Waals surface area contributed by atoms with Crippen molar-refractivity contribution in [3.63, 3.8) is 0 Å². The summed E-state index contributed by atoms with van der Waals surface area (Å²) >= 11 is 0. The summed E-state index contributed by atoms with van der Waals surface area (Å²) in [7, 11) is 0. The zero-order valence-electron chi connectivity index (χ0n) is 19.1. The molecule has 2 unspecified atom stereocenters. The van der Waals surface area contributed by atoms with Crippen molar-refractivity contribution in [2.45, 2.75) is 37.6 Å². The molecular formula is C32H29N. The van der Waals surface area contributed by atoms with Crippen LogP contribution in [0.5, 0.6) is 0 Å². The molecule has 0 amide bonds. The van der Waals surface area contributed by atoms with Gasteiger partial charge >= 0.3 is 0 Å². The maximum atomic E-state index is 2.60. The normalized spacial score (nSPS) is 20.9. The van der Waals surface area contributed by atoms with E-state index in [-0.39, 0.29) is 5.41 Å². The van der Waals surface area contributed by atoms with Gasteiger partial charge in [-0.25, -0.2) is 0 Å². The Hall–Kier alpha value is -3.58. The van der Waals surface area contributed by atoms with E-state index in [0.29, 0.717) is 6.04 Å². The van der Waals surface area contributed by atoms with E-state index in [1.807, 2.05) is 0 Å². The van der Waals surface area contributed by atoms with Crippen LogP contribution in [0.1, 0.15) is 48.4 Å². The van der Waals surface area contributed by atoms with Crippen LogP contribution < -0.4 is 4.90 Å². The summed E-state index contributed by atoms with van der Waals surface area (Å²) in [5.74, 6) is 0. The van der Waals surface area contributed by atoms with Crippen molar-refractivity contribution in [2.24, 2.45) is 0 Å². The lowest BCUT2D eigenvalue weighted by molar-refractivity contribution is 0.457. The molecule has 0 saturated heterocycles. The largest absolute Gasteiger partial charge is 0.337 e. The van der Waals surface area contributed by atoms with Gasteiger partial charge in [0.05, 0.1) is 0 Å². The Morgan fingerprint density at radius 2 is 1.39 bits per heavy atom. The minimum absolute atomic E-state index is 0.203. The highest BCUT2D eigenvalue weighted by Crippen LogP contribution is 2.56. The Balaban J connectivity index is 1.49. The van der Waals surface area contributed by atoms with Crippen molar-refractivity contribution < 1.29 is 0 Å². The zero-order chi connectivity index (χ0) is 22.3. The highest BCUT2D eigenvalue weighted by Gasteiger charge is 2.50. The zero-order valence-corrected chi connectivity index (χ0v) is 19.1. The topological polar surface area (TPSA) is 3.24 Å². The quantitative estimate of drug-likeness (QED) is 0.296. The Kier molecular flexibility index (Phi) is 4.91. The van der Waals surface area contributed by atoms with Gasteiger partial charge in [-0.3, -0.25) is 0 Å². The minimum atomic E-state index is 0.203. The van der Waals surface area contributed by atoms with E-state index in [0.717, 1.165) is 0 Å². The molecule has 33 heavy (non-hydrogen) atoms. The van der Waals surface area contributed by atoms with Gasteiger partial charge in [-0.1, -0.05) is 98.3 Å². The molecule has 0 aromatic heterocycles. The van der Waals surface area contributed by atoms with Crippen LogP contribution in [-0.4, -0.2) is 6.04 Å². The molecule has 1 aliphatic carbocycles. The average Bonchev–Trinajstić information content (AvgIpc) is 3.37. The Bertz CT molecular complexity index is 1250. The number of fused-ring (bicyclic) bond motifs is 3. The first-order chi connectivity index (χ1) is 16.2. The molecule has 1 heteroatoms. The van der Waals surface area contributed by atoms with Gasteiger partial charge in [0.15, 0.2) is 0 Å². The van der Waals surface area contributed by atoms with E-state index in [4.69, 9.17) is 0 Å². The van der Waals surface area contributed by atoms with Crippen LogP contribution >= 0.6 is 0 Å². The molecule has 0 bridgehead atoms. The lowest BCUT2D eigenvalue weighted by atomic mass is 9.79. The third-order valence-corrected chi connectivity index (χ3v) is 7.63. The van der Waals surface area contributed by atoms with Crippen molar-refractivity contribution in [3.05, 3.63) is 131 Å². The smallest absolute Gasteiger partial charge is 0.0453 e. The van der Waals surface area contributed by atoms with Crippen LogP contribution in [0.2, 0.25) is 0 Å². The summed E-state index contributed by atoms with van der Waals surface area (Å²) in [6.45, 7) is 2.48. The number of hydrogen-bond donors (Lipinski definition) is 0. The van der Waals surface area contributed by atoms with E-state index >= 15 is 0 Å². The molecule has 4 aromatic carbocycles. The number of nitrogens with zero attached hydrogens (tertiary/aromatic N) is 1. The number of benzene rings is 4. The predicted octanol–water partition coefficient (Wildman–Crippen LogP) is 8.24. The second kappa shape index (κ2) is 8.08. The standard InChI is InChI=1S/C32H29N/c1-32-21-11-18-31(32)33(27-16-9-4-10-17-27)30-20-19-24(23-29(30)32)22-28(25-12-5-2-6-13-25)26-14-7-3-8-15-26/h2-10,12-17,19-20,22-23,31H,11,18,21H2,1H3. The van der Waals surface area contributed by atoms with Gasteiger partial charge in [0.2, 0.25) is 0 Å². The molecule has 1 nitrogen and oxygen atoms in total. The van der Waals surface area contributed by atoms with E-state index in [9.17, 15) is 0 Å². The molecule has 4 aromatic rings. The lowest BCUT2D eigenvalue weighted by Gasteiger charge is -2.31. The fourth-order valence-corrected chi connectivity index (χ4v) is 6.00. The first-order valence-corrected chi connectivity index (χ1v) is 12.1. The maximum absolute atomic E-state index is 2.60. The van der Waals surface area contributed by atoms with Crippen LogP contribution in [-0.2, 0) is 5.41 Å². The van der Waals surface area contributed by atoms with Crippen molar-refractivity contribution in [3.8, 4) is 0 Å². The first-order valence-electron chi connectivity index (χ1n) is 12.1. The van der Waals surface area contributed by atoms with Gasteiger partial charge in [0.1, 0.15) is 0 Å². The van der Waals surface area contributed by atoms with Gasteiger partial charge in [0, 0.05) is 22.8 Å². The minimum Gasteiger partial charge on any atom is -0.337 e. The molecule has 0 spiro atoms. The summed E-state index contributed by atoms with van der Waals surface area (Å²) in [6.07, 6.45) is 6.17. The van der Waals surface area contributed by atoms with Crippen LogP contribution in [0, 0.1) is 0 Å². The molecule has 6 rings (SSSR count). The van der Waals surface area contributed by atoms with E-state index < -0.39 is 0 Å². The molecule has 2 atom stereocenters. The van der Waals surface area contributed by atoms with E-state index in [1.54, 1.807) is 0 Å². The van der Waals surface area contributed by atoms with Crippen LogP contribution in [0.3, 0.4) is 0 Å².